The lowest BCUT2D eigenvalue weighted by Gasteiger charge is -2.22. The summed E-state index contributed by atoms with van der Waals surface area (Å²) in [5, 5.41) is 10.7. The molecule has 2 atom stereocenters. The van der Waals surface area contributed by atoms with Crippen LogP contribution in [0.3, 0.4) is 0 Å². The van der Waals surface area contributed by atoms with Gasteiger partial charge in [0.25, 0.3) is 0 Å². The summed E-state index contributed by atoms with van der Waals surface area (Å²) in [5.74, 6) is 1.09. The van der Waals surface area contributed by atoms with E-state index in [1.807, 2.05) is 43.3 Å². The Morgan fingerprint density at radius 1 is 1.00 bits per heavy atom. The first kappa shape index (κ1) is 26.0. The number of aromatic hydroxyl groups is 1. The molecule has 1 saturated carbocycles. The summed E-state index contributed by atoms with van der Waals surface area (Å²) in [6.07, 6.45) is 8.04. The number of carbonyl (C=O) groups excluding carboxylic acids is 1. The third kappa shape index (κ3) is 6.40. The molecule has 1 aliphatic carbocycles. The number of carbonyl (C=O) groups is 1. The number of hydrogen-bond acceptors (Lipinski definition) is 6. The molecule has 2 unspecified atom stereocenters. The van der Waals surface area contributed by atoms with E-state index >= 15 is 0 Å². The normalized spacial score (nSPS) is 17.2. The highest BCUT2D eigenvalue weighted by Crippen LogP contribution is 2.45. The topological polar surface area (TPSA) is 91.0 Å². The maximum atomic E-state index is 12.2. The fourth-order valence-corrected chi connectivity index (χ4v) is 4.66. The average Bonchev–Trinajstić information content (AvgIpc) is 3.37. The van der Waals surface area contributed by atoms with Crippen LogP contribution in [-0.4, -0.2) is 25.3 Å². The van der Waals surface area contributed by atoms with Gasteiger partial charge in [0.1, 0.15) is 5.75 Å². The molecule has 0 aromatic heterocycles. The standard InChI is InChI=1S/C31H33NO5/c1-20-4-6-21(7-5-20)11-17-28(33)37-25-13-9-22(10-14-25)18-23-8-12-24(19-23)29(32)26-15-16-27(35-2)31(36-3)30(26)34/h4-7,9-11,13-18,24,29,34H,8,12,19,32H2,1-3H3/b17-11+,23-18+. The molecule has 0 aliphatic heterocycles. The summed E-state index contributed by atoms with van der Waals surface area (Å²) in [7, 11) is 3.03. The number of allylic oxidation sites excluding steroid dienone is 1. The summed E-state index contributed by atoms with van der Waals surface area (Å²) in [4.78, 5) is 12.2. The summed E-state index contributed by atoms with van der Waals surface area (Å²) in [6, 6.07) is 18.6. The molecule has 0 radical (unpaired) electrons. The molecule has 37 heavy (non-hydrogen) atoms. The molecule has 6 heteroatoms. The van der Waals surface area contributed by atoms with Crippen molar-refractivity contribution in [2.75, 3.05) is 14.2 Å². The molecule has 0 spiro atoms. The highest BCUT2D eigenvalue weighted by Gasteiger charge is 2.29. The zero-order valence-corrected chi connectivity index (χ0v) is 21.4. The number of phenolic OH excluding ortho intramolecular Hbond substituents is 1. The van der Waals surface area contributed by atoms with Crippen molar-refractivity contribution in [2.24, 2.45) is 11.7 Å². The number of esters is 1. The number of hydrogen-bond donors (Lipinski definition) is 2. The second-order valence-corrected chi connectivity index (χ2v) is 9.30. The molecule has 192 valence electrons. The third-order valence-electron chi connectivity index (χ3n) is 6.74. The zero-order chi connectivity index (χ0) is 26.4. The van der Waals surface area contributed by atoms with Crippen molar-refractivity contribution in [3.8, 4) is 23.0 Å². The Balaban J connectivity index is 1.36. The van der Waals surface area contributed by atoms with Gasteiger partial charge in [0.05, 0.1) is 14.2 Å². The van der Waals surface area contributed by atoms with Gasteiger partial charge in [-0.3, -0.25) is 0 Å². The van der Waals surface area contributed by atoms with Gasteiger partial charge in [0.2, 0.25) is 5.75 Å². The molecule has 0 amide bonds. The van der Waals surface area contributed by atoms with E-state index in [0.29, 0.717) is 22.8 Å². The first-order chi connectivity index (χ1) is 17.9. The summed E-state index contributed by atoms with van der Waals surface area (Å²) in [5.41, 5.74) is 11.7. The van der Waals surface area contributed by atoms with Gasteiger partial charge < -0.3 is 25.1 Å². The largest absolute Gasteiger partial charge is 0.504 e. The van der Waals surface area contributed by atoms with Crippen LogP contribution >= 0.6 is 0 Å². The predicted octanol–water partition coefficient (Wildman–Crippen LogP) is 6.22. The molecule has 0 saturated heterocycles. The van der Waals surface area contributed by atoms with Gasteiger partial charge in [0.15, 0.2) is 11.5 Å². The van der Waals surface area contributed by atoms with E-state index < -0.39 is 5.97 Å². The van der Waals surface area contributed by atoms with Gasteiger partial charge in [-0.2, -0.15) is 0 Å². The highest BCUT2D eigenvalue weighted by atomic mass is 16.5. The predicted molar refractivity (Wildman–Crippen MR) is 146 cm³/mol. The quantitative estimate of drug-likeness (QED) is 0.217. The first-order valence-electron chi connectivity index (χ1n) is 12.3. The van der Waals surface area contributed by atoms with E-state index in [2.05, 4.69) is 6.08 Å². The summed E-state index contributed by atoms with van der Waals surface area (Å²) >= 11 is 0. The minimum Gasteiger partial charge on any atom is -0.504 e. The Kier molecular flexibility index (Phi) is 8.31. The summed E-state index contributed by atoms with van der Waals surface area (Å²) in [6.45, 7) is 2.02. The highest BCUT2D eigenvalue weighted by molar-refractivity contribution is 5.88. The number of nitrogens with two attached hydrogens (primary N) is 1. The Morgan fingerprint density at radius 2 is 1.70 bits per heavy atom. The van der Waals surface area contributed by atoms with Crippen LogP contribution in [0.25, 0.3) is 12.2 Å². The molecule has 3 aromatic carbocycles. The van der Waals surface area contributed by atoms with Crippen molar-refractivity contribution in [2.45, 2.75) is 32.2 Å². The van der Waals surface area contributed by atoms with Crippen molar-refractivity contribution >= 4 is 18.1 Å². The van der Waals surface area contributed by atoms with Gasteiger partial charge >= 0.3 is 5.97 Å². The average molecular weight is 500 g/mol. The van der Waals surface area contributed by atoms with Gasteiger partial charge in [-0.1, -0.05) is 53.6 Å². The van der Waals surface area contributed by atoms with E-state index in [9.17, 15) is 9.90 Å². The van der Waals surface area contributed by atoms with Crippen LogP contribution in [-0.2, 0) is 4.79 Å². The molecule has 0 bridgehead atoms. The second kappa shape index (κ2) is 11.8. The molecule has 1 fully saturated rings. The molecule has 4 rings (SSSR count). The van der Waals surface area contributed by atoms with Crippen LogP contribution in [0.15, 0.2) is 72.3 Å². The van der Waals surface area contributed by atoms with Crippen molar-refractivity contribution in [1.82, 2.24) is 0 Å². The lowest BCUT2D eigenvalue weighted by molar-refractivity contribution is -0.128. The third-order valence-corrected chi connectivity index (χ3v) is 6.74. The Labute approximate surface area is 218 Å². The van der Waals surface area contributed by atoms with Gasteiger partial charge in [-0.25, -0.2) is 4.79 Å². The van der Waals surface area contributed by atoms with E-state index in [4.69, 9.17) is 19.9 Å². The van der Waals surface area contributed by atoms with Gasteiger partial charge in [0, 0.05) is 17.7 Å². The van der Waals surface area contributed by atoms with Crippen molar-refractivity contribution in [3.63, 3.8) is 0 Å². The Bertz CT molecular complexity index is 1290. The minimum absolute atomic E-state index is 0.0330. The number of aryl methyl sites for hydroxylation is 1. The van der Waals surface area contributed by atoms with E-state index in [-0.39, 0.29) is 17.7 Å². The van der Waals surface area contributed by atoms with Gasteiger partial charge in [-0.15, -0.1) is 0 Å². The maximum absolute atomic E-state index is 12.2. The van der Waals surface area contributed by atoms with Crippen molar-refractivity contribution < 1.29 is 24.1 Å². The fraction of sp³-hybridized carbons (Fsp3) is 0.258. The number of benzene rings is 3. The number of phenols is 1. The maximum Gasteiger partial charge on any atom is 0.336 e. The first-order valence-corrected chi connectivity index (χ1v) is 12.3. The molecule has 1 aliphatic rings. The molecule has 3 aromatic rings. The van der Waals surface area contributed by atoms with Crippen LogP contribution in [0.2, 0.25) is 0 Å². The molecule has 0 heterocycles. The number of ether oxygens (including phenoxy) is 3. The van der Waals surface area contributed by atoms with E-state index in [1.165, 1.54) is 31.4 Å². The Hall–Kier alpha value is -4.03. The molecular formula is C31H33NO5. The van der Waals surface area contributed by atoms with Crippen molar-refractivity contribution in [3.05, 3.63) is 94.6 Å². The molecule has 3 N–H and O–H groups in total. The van der Waals surface area contributed by atoms with E-state index in [1.54, 1.807) is 30.3 Å². The van der Waals surface area contributed by atoms with Gasteiger partial charge in [-0.05, 0) is 73.6 Å². The zero-order valence-electron chi connectivity index (χ0n) is 21.4. The van der Waals surface area contributed by atoms with Crippen LogP contribution in [0, 0.1) is 12.8 Å². The smallest absolute Gasteiger partial charge is 0.336 e. The van der Waals surface area contributed by atoms with Crippen LogP contribution in [0.5, 0.6) is 23.0 Å². The van der Waals surface area contributed by atoms with Crippen LogP contribution < -0.4 is 19.9 Å². The van der Waals surface area contributed by atoms with Crippen molar-refractivity contribution in [1.29, 1.82) is 0 Å². The Morgan fingerprint density at radius 3 is 2.38 bits per heavy atom. The number of rotatable bonds is 8. The van der Waals surface area contributed by atoms with Crippen LogP contribution in [0.4, 0.5) is 0 Å². The minimum atomic E-state index is -0.419. The molecule has 6 nitrogen and oxygen atoms in total. The lowest BCUT2D eigenvalue weighted by atomic mass is 9.91. The monoisotopic (exact) mass is 499 g/mol. The lowest BCUT2D eigenvalue weighted by Crippen LogP contribution is -2.19. The summed E-state index contributed by atoms with van der Waals surface area (Å²) < 4.78 is 16.0. The van der Waals surface area contributed by atoms with Crippen LogP contribution in [0.1, 0.15) is 47.6 Å². The fourth-order valence-electron chi connectivity index (χ4n) is 4.66. The van der Waals surface area contributed by atoms with E-state index in [0.717, 1.165) is 30.4 Å². The number of methoxy groups -OCH3 is 2. The SMILES string of the molecule is COc1ccc(C(N)C2CC/C(=C\c3ccc(OC(=O)/C=C/c4ccc(C)cc4)cc3)C2)c(O)c1OC. The molecular weight excluding hydrogens is 466 g/mol. The second-order valence-electron chi connectivity index (χ2n) is 9.30.